The molecule has 1 saturated carbocycles. The summed E-state index contributed by atoms with van der Waals surface area (Å²) in [5.74, 6) is -0.116. The Labute approximate surface area is 118 Å². The molecule has 1 fully saturated rings. The maximum absolute atomic E-state index is 12.1. The number of amides is 1. The number of sulfone groups is 1. The molecule has 5 nitrogen and oxygen atoms in total. The lowest BCUT2D eigenvalue weighted by molar-refractivity contribution is -0.117. The fraction of sp³-hybridized carbons (Fsp3) is 0.500. The van der Waals surface area contributed by atoms with Gasteiger partial charge < -0.3 is 10.6 Å². The summed E-state index contributed by atoms with van der Waals surface area (Å²) in [7, 11) is -3.37. The highest BCUT2D eigenvalue weighted by Gasteiger charge is 2.39. The van der Waals surface area contributed by atoms with Gasteiger partial charge in [0.1, 0.15) is 0 Å². The molecular formula is C14H18N2O3S. The molecule has 6 heteroatoms. The second-order valence-electron chi connectivity index (χ2n) is 5.79. The van der Waals surface area contributed by atoms with Crippen LogP contribution in [0.2, 0.25) is 0 Å². The molecule has 0 unspecified atom stereocenters. The van der Waals surface area contributed by atoms with Gasteiger partial charge in [-0.25, -0.2) is 8.42 Å². The van der Waals surface area contributed by atoms with E-state index in [0.29, 0.717) is 17.8 Å². The van der Waals surface area contributed by atoms with Crippen LogP contribution >= 0.6 is 0 Å². The topological polar surface area (TPSA) is 75.3 Å². The summed E-state index contributed by atoms with van der Waals surface area (Å²) in [5.41, 5.74) is 0.885. The van der Waals surface area contributed by atoms with E-state index in [2.05, 4.69) is 10.6 Å². The number of carbonyl (C=O) groups is 1. The van der Waals surface area contributed by atoms with Crippen molar-refractivity contribution in [1.82, 2.24) is 0 Å². The van der Waals surface area contributed by atoms with Crippen LogP contribution in [0.3, 0.4) is 0 Å². The van der Waals surface area contributed by atoms with Gasteiger partial charge in [-0.1, -0.05) is 18.9 Å². The van der Waals surface area contributed by atoms with Gasteiger partial charge in [-0.15, -0.1) is 0 Å². The van der Waals surface area contributed by atoms with Crippen molar-refractivity contribution in [2.24, 2.45) is 0 Å². The van der Waals surface area contributed by atoms with Gasteiger partial charge in [-0.3, -0.25) is 4.79 Å². The Bertz CT molecular complexity index is 661. The largest absolute Gasteiger partial charge is 0.377 e. The van der Waals surface area contributed by atoms with Crippen molar-refractivity contribution < 1.29 is 13.2 Å². The predicted molar refractivity (Wildman–Crippen MR) is 77.6 cm³/mol. The fourth-order valence-electron chi connectivity index (χ4n) is 3.25. The Balaban J connectivity index is 2.12. The standard InChI is InChI=1S/C14H18N2O3S/c1-20(18,19)11-6-4-5-10-13(11)15-12(17)9-14(16-10)7-2-3-8-14/h4-6,16H,2-3,7-9H2,1H3,(H,15,17). The van der Waals surface area contributed by atoms with Gasteiger partial charge in [0.05, 0.1) is 16.3 Å². The molecule has 1 heterocycles. The minimum Gasteiger partial charge on any atom is -0.377 e. The first-order valence-corrected chi connectivity index (χ1v) is 8.70. The third-order valence-electron chi connectivity index (χ3n) is 4.15. The van der Waals surface area contributed by atoms with Gasteiger partial charge >= 0.3 is 0 Å². The van der Waals surface area contributed by atoms with E-state index in [-0.39, 0.29) is 16.3 Å². The van der Waals surface area contributed by atoms with Crippen molar-refractivity contribution in [1.29, 1.82) is 0 Å². The Morgan fingerprint density at radius 3 is 2.55 bits per heavy atom. The van der Waals surface area contributed by atoms with Gasteiger partial charge in [0, 0.05) is 18.2 Å². The van der Waals surface area contributed by atoms with Crippen LogP contribution in [0.5, 0.6) is 0 Å². The molecule has 0 atom stereocenters. The Morgan fingerprint density at radius 1 is 1.20 bits per heavy atom. The molecule has 108 valence electrons. The van der Waals surface area contributed by atoms with E-state index in [1.165, 1.54) is 6.07 Å². The average molecular weight is 294 g/mol. The van der Waals surface area contributed by atoms with E-state index >= 15 is 0 Å². The van der Waals surface area contributed by atoms with Crippen LogP contribution in [0.1, 0.15) is 32.1 Å². The third kappa shape index (κ3) is 2.28. The first-order chi connectivity index (χ1) is 9.40. The van der Waals surface area contributed by atoms with Crippen molar-refractivity contribution in [2.75, 3.05) is 16.9 Å². The summed E-state index contributed by atoms with van der Waals surface area (Å²) in [6.07, 6.45) is 5.64. The van der Waals surface area contributed by atoms with Crippen LogP contribution in [-0.4, -0.2) is 26.1 Å². The van der Waals surface area contributed by atoms with Crippen LogP contribution in [0.15, 0.2) is 23.1 Å². The summed E-state index contributed by atoms with van der Waals surface area (Å²) in [4.78, 5) is 12.3. The molecule has 0 aromatic heterocycles. The summed E-state index contributed by atoms with van der Waals surface area (Å²) in [6, 6.07) is 5.07. The van der Waals surface area contributed by atoms with Crippen molar-refractivity contribution in [3.63, 3.8) is 0 Å². The van der Waals surface area contributed by atoms with Gasteiger partial charge in [0.15, 0.2) is 9.84 Å². The van der Waals surface area contributed by atoms with E-state index in [4.69, 9.17) is 0 Å². The zero-order valence-electron chi connectivity index (χ0n) is 11.4. The molecular weight excluding hydrogens is 276 g/mol. The number of anilines is 2. The molecule has 1 aromatic rings. The normalized spacial score (nSPS) is 20.9. The molecule has 2 N–H and O–H groups in total. The van der Waals surface area contributed by atoms with Crippen LogP contribution in [0.25, 0.3) is 0 Å². The summed E-state index contributed by atoms with van der Waals surface area (Å²) < 4.78 is 23.7. The van der Waals surface area contributed by atoms with E-state index < -0.39 is 9.84 Å². The summed E-state index contributed by atoms with van der Waals surface area (Å²) in [6.45, 7) is 0. The Morgan fingerprint density at radius 2 is 1.90 bits per heavy atom. The molecule has 2 aliphatic rings. The van der Waals surface area contributed by atoms with E-state index in [0.717, 1.165) is 31.9 Å². The molecule has 1 amide bonds. The molecule has 1 spiro atoms. The van der Waals surface area contributed by atoms with E-state index in [1.807, 2.05) is 6.07 Å². The lowest BCUT2D eigenvalue weighted by Gasteiger charge is -2.28. The number of carbonyl (C=O) groups excluding carboxylic acids is 1. The van der Waals surface area contributed by atoms with Crippen LogP contribution in [0, 0.1) is 0 Å². The smallest absolute Gasteiger partial charge is 0.226 e. The monoisotopic (exact) mass is 294 g/mol. The predicted octanol–water partition coefficient (Wildman–Crippen LogP) is 2.16. The first-order valence-electron chi connectivity index (χ1n) is 6.81. The number of rotatable bonds is 1. The van der Waals surface area contributed by atoms with Crippen molar-refractivity contribution in [3.8, 4) is 0 Å². The number of fused-ring (bicyclic) bond motifs is 1. The van der Waals surface area contributed by atoms with Crippen LogP contribution in [-0.2, 0) is 14.6 Å². The van der Waals surface area contributed by atoms with Gasteiger partial charge in [0.25, 0.3) is 0 Å². The number of hydrogen-bond acceptors (Lipinski definition) is 4. The zero-order valence-corrected chi connectivity index (χ0v) is 12.2. The molecule has 3 rings (SSSR count). The number of nitrogens with one attached hydrogen (secondary N) is 2. The fourth-order valence-corrected chi connectivity index (χ4v) is 4.11. The highest BCUT2D eigenvalue weighted by Crippen LogP contribution is 2.41. The maximum Gasteiger partial charge on any atom is 0.226 e. The second kappa shape index (κ2) is 4.48. The van der Waals surface area contributed by atoms with Crippen molar-refractivity contribution >= 4 is 27.1 Å². The Kier molecular flexibility index (Phi) is 3.01. The van der Waals surface area contributed by atoms with Gasteiger partial charge in [-0.2, -0.15) is 0 Å². The van der Waals surface area contributed by atoms with Gasteiger partial charge in [-0.05, 0) is 25.0 Å². The quantitative estimate of drug-likeness (QED) is 0.832. The van der Waals surface area contributed by atoms with Crippen LogP contribution in [0.4, 0.5) is 11.4 Å². The molecule has 1 aliphatic carbocycles. The number of hydrogen-bond donors (Lipinski definition) is 2. The summed E-state index contributed by atoms with van der Waals surface area (Å²) >= 11 is 0. The minimum absolute atomic E-state index is 0.116. The highest BCUT2D eigenvalue weighted by atomic mass is 32.2. The number of benzene rings is 1. The average Bonchev–Trinajstić information content (AvgIpc) is 2.71. The first kappa shape index (κ1) is 13.4. The molecule has 0 saturated heterocycles. The summed E-state index contributed by atoms with van der Waals surface area (Å²) in [5, 5.41) is 6.20. The lowest BCUT2D eigenvalue weighted by Crippen LogP contribution is -2.36. The van der Waals surface area contributed by atoms with E-state index in [9.17, 15) is 13.2 Å². The highest BCUT2D eigenvalue weighted by molar-refractivity contribution is 7.90. The van der Waals surface area contributed by atoms with Crippen molar-refractivity contribution in [2.45, 2.75) is 42.5 Å². The Hall–Kier alpha value is -1.56. The molecule has 1 aromatic carbocycles. The molecule has 0 radical (unpaired) electrons. The van der Waals surface area contributed by atoms with Crippen LogP contribution < -0.4 is 10.6 Å². The number of para-hydroxylation sites is 1. The second-order valence-corrected chi connectivity index (χ2v) is 7.77. The third-order valence-corrected chi connectivity index (χ3v) is 5.29. The molecule has 20 heavy (non-hydrogen) atoms. The van der Waals surface area contributed by atoms with Crippen molar-refractivity contribution in [3.05, 3.63) is 18.2 Å². The maximum atomic E-state index is 12.1. The van der Waals surface area contributed by atoms with E-state index in [1.54, 1.807) is 6.07 Å². The van der Waals surface area contributed by atoms with Gasteiger partial charge in [0.2, 0.25) is 5.91 Å². The lowest BCUT2D eigenvalue weighted by atomic mass is 9.93. The SMILES string of the molecule is CS(=O)(=O)c1cccc2c1NC(=O)CC1(CCCC1)N2. The molecule has 1 aliphatic heterocycles. The molecule has 0 bridgehead atoms. The zero-order chi connectivity index (χ0) is 14.4. The minimum atomic E-state index is -3.37.